The molecule has 0 amide bonds. The van der Waals surface area contributed by atoms with Crippen LogP contribution in [0.15, 0.2) is 40.2 Å². The lowest BCUT2D eigenvalue weighted by Gasteiger charge is -2.39. The Morgan fingerprint density at radius 1 is 1.36 bits per heavy atom. The second kappa shape index (κ2) is 9.48. The normalized spacial score (nSPS) is 22.8. The molecule has 1 fully saturated rings. The highest BCUT2D eigenvalue weighted by molar-refractivity contribution is 7.89. The van der Waals surface area contributed by atoms with E-state index in [1.807, 2.05) is 0 Å². The second-order valence-corrected chi connectivity index (χ2v) is 13.0. The van der Waals surface area contributed by atoms with Crippen LogP contribution in [-0.4, -0.2) is 58.8 Å². The van der Waals surface area contributed by atoms with Gasteiger partial charge in [0.15, 0.2) is 11.9 Å². The molecule has 3 aromatic rings. The number of carbonyl (C=O) groups excluding carboxylic acids is 1. The zero-order chi connectivity index (χ0) is 28.2. The van der Waals surface area contributed by atoms with E-state index in [9.17, 15) is 23.3 Å². The molecule has 0 radical (unpaired) electrons. The molecular weight excluding hydrogens is 524 g/mol. The number of aromatic amines is 1. The van der Waals surface area contributed by atoms with Gasteiger partial charge in [-0.2, -0.15) is 14.7 Å². The van der Waals surface area contributed by atoms with Gasteiger partial charge in [-0.05, 0) is 63.4 Å². The van der Waals surface area contributed by atoms with Crippen molar-refractivity contribution in [2.45, 2.75) is 68.7 Å². The lowest BCUT2D eigenvalue weighted by atomic mass is 9.87. The van der Waals surface area contributed by atoms with Gasteiger partial charge in [0.05, 0.1) is 35.0 Å². The molecule has 2 unspecified atom stereocenters. The van der Waals surface area contributed by atoms with Gasteiger partial charge in [0, 0.05) is 25.5 Å². The molecule has 12 nitrogen and oxygen atoms in total. The van der Waals surface area contributed by atoms with E-state index in [1.165, 1.54) is 23.6 Å². The zero-order valence-corrected chi connectivity index (χ0v) is 23.0. The van der Waals surface area contributed by atoms with Gasteiger partial charge in [-0.15, -0.1) is 0 Å². The number of nitriles is 1. The molecule has 13 heteroatoms. The molecule has 39 heavy (non-hydrogen) atoms. The van der Waals surface area contributed by atoms with E-state index in [2.05, 4.69) is 16.4 Å². The number of carbonyl (C=O) groups is 1. The Morgan fingerprint density at radius 3 is 2.79 bits per heavy atom. The topological polar surface area (TPSA) is 159 Å². The smallest absolute Gasteiger partial charge is 0.335 e. The van der Waals surface area contributed by atoms with Crippen LogP contribution < -0.4 is 10.9 Å². The first-order valence-corrected chi connectivity index (χ1v) is 14.0. The molecule has 2 aliphatic rings. The van der Waals surface area contributed by atoms with Crippen LogP contribution >= 0.6 is 0 Å². The van der Waals surface area contributed by atoms with Gasteiger partial charge in [0.25, 0.3) is 5.56 Å². The van der Waals surface area contributed by atoms with E-state index in [0.29, 0.717) is 29.6 Å². The number of hydrogen-bond donors (Lipinski definition) is 2. The predicted octanol–water partition coefficient (Wildman–Crippen LogP) is 2.73. The summed E-state index contributed by atoms with van der Waals surface area (Å²) in [4.78, 5) is 28.5. The first kappa shape index (κ1) is 26.9. The van der Waals surface area contributed by atoms with Gasteiger partial charge in [-0.1, -0.05) is 0 Å². The Balaban J connectivity index is 1.50. The van der Waals surface area contributed by atoms with Crippen molar-refractivity contribution in [3.8, 4) is 6.07 Å². The summed E-state index contributed by atoms with van der Waals surface area (Å²) in [7, 11) is -1.99. The Hall–Kier alpha value is -3.73. The fraction of sp³-hybridized carbons (Fsp3) is 0.462. The van der Waals surface area contributed by atoms with E-state index in [4.69, 9.17) is 14.6 Å². The number of fused-ring (bicyclic) bond motifs is 2. The molecule has 2 N–H and O–H groups in total. The largest absolute Gasteiger partial charge is 0.458 e. The summed E-state index contributed by atoms with van der Waals surface area (Å²) < 4.78 is 39.2. The van der Waals surface area contributed by atoms with Crippen molar-refractivity contribution in [3.05, 3.63) is 46.4 Å². The molecule has 0 bridgehead atoms. The van der Waals surface area contributed by atoms with Crippen molar-refractivity contribution >= 4 is 38.4 Å². The van der Waals surface area contributed by atoms with E-state index in [0.717, 1.165) is 0 Å². The second-order valence-electron chi connectivity index (χ2n) is 11.0. The highest BCUT2D eigenvalue weighted by Gasteiger charge is 2.43. The van der Waals surface area contributed by atoms with E-state index in [1.54, 1.807) is 43.7 Å². The molecule has 2 atom stereocenters. The minimum Gasteiger partial charge on any atom is -0.458 e. The Kier molecular flexibility index (Phi) is 6.53. The maximum atomic E-state index is 12.9. The highest BCUT2D eigenvalue weighted by Crippen LogP contribution is 2.38. The van der Waals surface area contributed by atoms with E-state index >= 15 is 0 Å². The summed E-state index contributed by atoms with van der Waals surface area (Å²) in [6, 6.07) is 8.79. The predicted molar refractivity (Wildman–Crippen MR) is 142 cm³/mol. The van der Waals surface area contributed by atoms with Crippen molar-refractivity contribution in [2.24, 2.45) is 0 Å². The molecule has 2 aromatic heterocycles. The van der Waals surface area contributed by atoms with E-state index in [-0.39, 0.29) is 41.2 Å². The minimum atomic E-state index is -3.51. The summed E-state index contributed by atoms with van der Waals surface area (Å²) in [5.74, 6) is -0.200. The molecule has 4 heterocycles. The molecule has 1 aromatic carbocycles. The van der Waals surface area contributed by atoms with Crippen LogP contribution in [0.5, 0.6) is 0 Å². The lowest BCUT2D eigenvalue weighted by Crippen LogP contribution is -2.47. The summed E-state index contributed by atoms with van der Waals surface area (Å²) in [6.07, 6.45) is 1.50. The third kappa shape index (κ3) is 4.80. The number of aromatic nitrogens is 3. The minimum absolute atomic E-state index is 0.0243. The van der Waals surface area contributed by atoms with Crippen LogP contribution in [-0.2, 0) is 36.4 Å². The van der Waals surface area contributed by atoms with Crippen molar-refractivity contribution in [1.82, 2.24) is 19.1 Å². The highest BCUT2D eigenvalue weighted by atomic mass is 32.2. The van der Waals surface area contributed by atoms with Crippen LogP contribution in [0.1, 0.15) is 45.6 Å². The van der Waals surface area contributed by atoms with Crippen LogP contribution in [0, 0.1) is 11.3 Å². The maximum absolute atomic E-state index is 12.9. The Labute approximate surface area is 225 Å². The molecule has 0 aliphatic carbocycles. The Morgan fingerprint density at radius 2 is 2.13 bits per heavy atom. The fourth-order valence-corrected chi connectivity index (χ4v) is 6.42. The van der Waals surface area contributed by atoms with Crippen LogP contribution in [0.2, 0.25) is 0 Å². The van der Waals surface area contributed by atoms with Gasteiger partial charge < -0.3 is 19.8 Å². The molecule has 2 aliphatic heterocycles. The summed E-state index contributed by atoms with van der Waals surface area (Å²) in [6.45, 7) is 5.62. The number of anilines is 2. The molecular formula is C26H30N6O6S. The average molecular weight is 555 g/mol. The van der Waals surface area contributed by atoms with Crippen LogP contribution in [0.25, 0.3) is 10.9 Å². The number of nitrogens with zero attached hydrogens (tertiary/aromatic N) is 4. The first-order valence-electron chi connectivity index (χ1n) is 12.5. The van der Waals surface area contributed by atoms with Crippen LogP contribution in [0.4, 0.5) is 11.5 Å². The monoisotopic (exact) mass is 554 g/mol. The van der Waals surface area contributed by atoms with Crippen molar-refractivity contribution < 1.29 is 22.7 Å². The third-order valence-corrected chi connectivity index (χ3v) is 8.86. The summed E-state index contributed by atoms with van der Waals surface area (Å²) >= 11 is 0. The first-order chi connectivity index (χ1) is 18.3. The van der Waals surface area contributed by atoms with Crippen LogP contribution in [0.3, 0.4) is 0 Å². The Bertz CT molecular complexity index is 1650. The average Bonchev–Trinajstić information content (AvgIpc) is 3.33. The summed E-state index contributed by atoms with van der Waals surface area (Å²) in [5, 5.41) is 17.9. The number of benzene rings is 1. The molecule has 0 spiro atoms. The molecule has 1 saturated heterocycles. The standard InChI is InChI=1S/C26H30N6O6S/c1-25(2,3)38-24(34)19-7-9-26(10-11-27,15-37-19)32-18-8-12-28-23(33)21(18)22(30-32)29-17-5-6-20-16(13-17)14-31(4)39(20,35)36/h5-6,8,12-13,19H,7,9-10,14-15H2,1-4H3,(H,28,33)(H,29,30). The van der Waals surface area contributed by atoms with Crippen molar-refractivity contribution in [3.63, 3.8) is 0 Å². The molecule has 206 valence electrons. The fourth-order valence-electron chi connectivity index (χ4n) is 5.08. The quantitative estimate of drug-likeness (QED) is 0.452. The van der Waals surface area contributed by atoms with Crippen molar-refractivity contribution in [2.75, 3.05) is 19.0 Å². The van der Waals surface area contributed by atoms with Gasteiger partial charge in [-0.3, -0.25) is 9.48 Å². The van der Waals surface area contributed by atoms with Gasteiger partial charge >= 0.3 is 5.97 Å². The van der Waals surface area contributed by atoms with E-state index < -0.39 is 33.2 Å². The number of rotatable bonds is 5. The third-order valence-electron chi connectivity index (χ3n) is 6.96. The molecule has 0 saturated carbocycles. The number of sulfonamides is 1. The van der Waals surface area contributed by atoms with Gasteiger partial charge in [0.2, 0.25) is 10.0 Å². The van der Waals surface area contributed by atoms with Crippen molar-refractivity contribution in [1.29, 1.82) is 5.26 Å². The lowest BCUT2D eigenvalue weighted by molar-refractivity contribution is -0.176. The number of nitrogens with one attached hydrogen (secondary N) is 2. The number of hydrogen-bond acceptors (Lipinski definition) is 9. The van der Waals surface area contributed by atoms with Gasteiger partial charge in [0.1, 0.15) is 11.0 Å². The number of ether oxygens (including phenoxy) is 2. The molecule has 5 rings (SSSR count). The summed E-state index contributed by atoms with van der Waals surface area (Å²) in [5.41, 5.74) is -0.255. The van der Waals surface area contributed by atoms with Gasteiger partial charge in [-0.25, -0.2) is 13.2 Å². The number of esters is 1. The zero-order valence-electron chi connectivity index (χ0n) is 22.1. The number of pyridine rings is 1. The maximum Gasteiger partial charge on any atom is 0.335 e. The number of H-pyrrole nitrogens is 1. The SMILES string of the molecule is CN1Cc2cc(Nc3nn(C4(CC#N)CCC(C(=O)OC(C)(C)C)OC4)c4cc[nH]c(=O)c34)ccc2S1(=O)=O.